The molecule has 0 aliphatic carbocycles. The highest BCUT2D eigenvalue weighted by atomic mass is 16.2. The number of para-hydroxylation sites is 1. The first-order valence-corrected chi connectivity index (χ1v) is 13.1. The van der Waals surface area contributed by atoms with Crippen molar-refractivity contribution >= 4 is 22.7 Å². The number of carbonyl (C=O) groups excluding carboxylic acids is 2. The molecule has 0 fully saturated rings. The molecule has 5 heteroatoms. The first kappa shape index (κ1) is 26.2. The van der Waals surface area contributed by atoms with E-state index >= 15 is 0 Å². The Balaban J connectivity index is 1.47. The maximum Gasteiger partial charge on any atom is 0.242 e. The highest BCUT2D eigenvalue weighted by Crippen LogP contribution is 2.19. The normalized spacial score (nSPS) is 11.1. The van der Waals surface area contributed by atoms with Crippen LogP contribution in [0.4, 0.5) is 0 Å². The third-order valence-electron chi connectivity index (χ3n) is 6.89. The molecule has 37 heavy (non-hydrogen) atoms. The van der Waals surface area contributed by atoms with Crippen LogP contribution in [0.15, 0.2) is 85.1 Å². The monoisotopic (exact) mass is 495 g/mol. The highest BCUT2D eigenvalue weighted by Gasteiger charge is 2.24. The van der Waals surface area contributed by atoms with Crippen LogP contribution in [0.2, 0.25) is 0 Å². The van der Waals surface area contributed by atoms with Gasteiger partial charge in [-0.1, -0.05) is 78.4 Å². The second kappa shape index (κ2) is 12.4. The van der Waals surface area contributed by atoms with Crippen LogP contribution in [-0.4, -0.2) is 45.7 Å². The highest BCUT2D eigenvalue weighted by molar-refractivity contribution is 5.85. The summed E-state index contributed by atoms with van der Waals surface area (Å²) in [6.07, 6.45) is 3.84. The van der Waals surface area contributed by atoms with Crippen LogP contribution in [0.5, 0.6) is 0 Å². The number of hydrogen-bond donors (Lipinski definition) is 1. The van der Waals surface area contributed by atoms with Gasteiger partial charge in [0.25, 0.3) is 0 Å². The number of nitrogens with zero attached hydrogens (tertiary/aromatic N) is 2. The number of rotatable bonds is 11. The van der Waals surface area contributed by atoms with Gasteiger partial charge in [-0.25, -0.2) is 0 Å². The summed E-state index contributed by atoms with van der Waals surface area (Å²) in [4.78, 5) is 33.8. The zero-order valence-corrected chi connectivity index (χ0v) is 22.1. The van der Waals surface area contributed by atoms with E-state index < -0.39 is 0 Å². The van der Waals surface area contributed by atoms with Crippen molar-refractivity contribution < 1.29 is 9.59 Å². The molecule has 0 saturated heterocycles. The molecule has 0 spiro atoms. The number of aryl methyl sites for hydroxylation is 2. The van der Waals surface area contributed by atoms with Crippen LogP contribution in [0.3, 0.4) is 0 Å². The third kappa shape index (κ3) is 7.10. The van der Waals surface area contributed by atoms with Crippen molar-refractivity contribution in [1.29, 1.82) is 0 Å². The van der Waals surface area contributed by atoms with Gasteiger partial charge in [-0.3, -0.25) is 9.59 Å². The number of fused-ring (bicyclic) bond motifs is 1. The minimum absolute atomic E-state index is 0.0131. The van der Waals surface area contributed by atoms with E-state index in [1.807, 2.05) is 67.4 Å². The molecule has 4 rings (SSSR count). The molecule has 1 N–H and O–H groups in total. The van der Waals surface area contributed by atoms with Gasteiger partial charge in [0.15, 0.2) is 0 Å². The zero-order chi connectivity index (χ0) is 26.2. The summed E-state index contributed by atoms with van der Waals surface area (Å²) in [6, 6.07) is 26.5. The smallest absolute Gasteiger partial charge is 0.242 e. The van der Waals surface area contributed by atoms with Crippen molar-refractivity contribution in [2.45, 2.75) is 52.6 Å². The molecule has 0 radical (unpaired) electrons. The van der Waals surface area contributed by atoms with Crippen LogP contribution in [0, 0.1) is 6.92 Å². The molecule has 0 aliphatic heterocycles. The SMILES string of the molecule is Cc1ccc(CN(CCc2c[nH]c3ccccc23)C(=O)CN(C(=O)CCc2ccccc2)C(C)C)cc1. The van der Waals surface area contributed by atoms with Crippen LogP contribution < -0.4 is 0 Å². The molecule has 1 heterocycles. The molecule has 0 unspecified atom stereocenters. The lowest BCUT2D eigenvalue weighted by molar-refractivity contribution is -0.142. The Kier molecular flexibility index (Phi) is 8.78. The van der Waals surface area contributed by atoms with E-state index in [4.69, 9.17) is 0 Å². The maximum atomic E-state index is 13.7. The molecule has 0 bridgehead atoms. The fourth-order valence-corrected chi connectivity index (χ4v) is 4.64. The van der Waals surface area contributed by atoms with E-state index in [0.717, 1.165) is 23.1 Å². The Morgan fingerprint density at radius 2 is 1.51 bits per heavy atom. The van der Waals surface area contributed by atoms with Gasteiger partial charge >= 0.3 is 0 Å². The van der Waals surface area contributed by atoms with Gasteiger partial charge < -0.3 is 14.8 Å². The molecule has 0 atom stereocenters. The second-order valence-electron chi connectivity index (χ2n) is 10.0. The first-order valence-electron chi connectivity index (χ1n) is 13.1. The number of carbonyl (C=O) groups is 2. The van der Waals surface area contributed by atoms with Gasteiger partial charge in [0.2, 0.25) is 11.8 Å². The Morgan fingerprint density at radius 1 is 0.811 bits per heavy atom. The van der Waals surface area contributed by atoms with Crippen LogP contribution in [0.1, 0.15) is 42.5 Å². The molecule has 4 aromatic rings. The van der Waals surface area contributed by atoms with Crippen molar-refractivity contribution in [3.63, 3.8) is 0 Å². The predicted molar refractivity (Wildman–Crippen MR) is 150 cm³/mol. The minimum atomic E-state index is -0.0536. The molecule has 192 valence electrons. The Labute approximate surface area is 220 Å². The van der Waals surface area contributed by atoms with Crippen molar-refractivity contribution in [2.24, 2.45) is 0 Å². The van der Waals surface area contributed by atoms with Crippen molar-refractivity contribution in [2.75, 3.05) is 13.1 Å². The standard InChI is InChI=1S/C32H37N3O2/c1-24(2)35(31(36)18-17-26-9-5-4-6-10-26)23-32(37)34(22-27-15-13-25(3)14-16-27)20-19-28-21-33-30-12-8-7-11-29(28)30/h4-16,21,24,33H,17-20,22-23H2,1-3H3. The average molecular weight is 496 g/mol. The minimum Gasteiger partial charge on any atom is -0.361 e. The summed E-state index contributed by atoms with van der Waals surface area (Å²) in [7, 11) is 0. The quantitative estimate of drug-likeness (QED) is 0.281. The third-order valence-corrected chi connectivity index (χ3v) is 6.89. The van der Waals surface area contributed by atoms with Gasteiger partial charge in [0.05, 0.1) is 6.54 Å². The Hall–Kier alpha value is -3.86. The van der Waals surface area contributed by atoms with E-state index in [2.05, 4.69) is 48.3 Å². The molecule has 2 amide bonds. The molecular weight excluding hydrogens is 458 g/mol. The second-order valence-corrected chi connectivity index (χ2v) is 10.0. The van der Waals surface area contributed by atoms with E-state index in [1.165, 1.54) is 16.5 Å². The van der Waals surface area contributed by atoms with E-state index in [0.29, 0.717) is 25.9 Å². The summed E-state index contributed by atoms with van der Waals surface area (Å²) in [5.41, 5.74) is 5.70. The molecule has 3 aromatic carbocycles. The lowest BCUT2D eigenvalue weighted by Crippen LogP contribution is -2.46. The van der Waals surface area contributed by atoms with Gasteiger partial charge in [0, 0.05) is 42.7 Å². The van der Waals surface area contributed by atoms with E-state index in [9.17, 15) is 9.59 Å². The van der Waals surface area contributed by atoms with Gasteiger partial charge in [-0.2, -0.15) is 0 Å². The lowest BCUT2D eigenvalue weighted by Gasteiger charge is -2.30. The van der Waals surface area contributed by atoms with E-state index in [-0.39, 0.29) is 24.4 Å². The van der Waals surface area contributed by atoms with E-state index in [1.54, 1.807) is 4.90 Å². The number of hydrogen-bond acceptors (Lipinski definition) is 2. The fraction of sp³-hybridized carbons (Fsp3) is 0.312. The maximum absolute atomic E-state index is 13.7. The van der Waals surface area contributed by atoms with Gasteiger partial charge in [-0.05, 0) is 56.4 Å². The summed E-state index contributed by atoms with van der Waals surface area (Å²) in [5, 5.41) is 1.19. The molecule has 0 aliphatic rings. The number of nitrogens with one attached hydrogen (secondary N) is 1. The number of H-pyrrole nitrogens is 1. The number of aromatic amines is 1. The fourth-order valence-electron chi connectivity index (χ4n) is 4.64. The molecular formula is C32H37N3O2. The molecule has 1 aromatic heterocycles. The van der Waals surface area contributed by atoms with Crippen molar-refractivity contribution in [3.8, 4) is 0 Å². The number of amides is 2. The predicted octanol–water partition coefficient (Wildman–Crippen LogP) is 5.92. The van der Waals surface area contributed by atoms with Crippen LogP contribution >= 0.6 is 0 Å². The first-order chi connectivity index (χ1) is 17.9. The van der Waals surface area contributed by atoms with Crippen molar-refractivity contribution in [3.05, 3.63) is 107 Å². The molecule has 0 saturated carbocycles. The molecule has 5 nitrogen and oxygen atoms in total. The summed E-state index contributed by atoms with van der Waals surface area (Å²) in [5.74, 6) is -0.0127. The summed E-state index contributed by atoms with van der Waals surface area (Å²) in [6.45, 7) is 7.20. The summed E-state index contributed by atoms with van der Waals surface area (Å²) >= 11 is 0. The lowest BCUT2D eigenvalue weighted by atomic mass is 10.1. The topological polar surface area (TPSA) is 56.4 Å². The van der Waals surface area contributed by atoms with Crippen LogP contribution in [0.25, 0.3) is 10.9 Å². The van der Waals surface area contributed by atoms with Crippen LogP contribution in [-0.2, 0) is 29.0 Å². The average Bonchev–Trinajstić information content (AvgIpc) is 3.32. The number of benzene rings is 3. The largest absolute Gasteiger partial charge is 0.361 e. The zero-order valence-electron chi connectivity index (χ0n) is 22.1. The summed E-state index contributed by atoms with van der Waals surface area (Å²) < 4.78 is 0. The van der Waals surface area contributed by atoms with Gasteiger partial charge in [0.1, 0.15) is 0 Å². The van der Waals surface area contributed by atoms with Crippen molar-refractivity contribution in [1.82, 2.24) is 14.8 Å². The Bertz CT molecular complexity index is 1310. The Morgan fingerprint density at radius 3 is 2.24 bits per heavy atom. The van der Waals surface area contributed by atoms with Gasteiger partial charge in [-0.15, -0.1) is 0 Å². The number of aromatic nitrogens is 1.